The van der Waals surface area contributed by atoms with Gasteiger partial charge in [-0.2, -0.15) is 0 Å². The van der Waals surface area contributed by atoms with Crippen molar-refractivity contribution in [1.82, 2.24) is 10.2 Å². The summed E-state index contributed by atoms with van der Waals surface area (Å²) in [6.45, 7) is 2.10. The second kappa shape index (κ2) is 8.56. The van der Waals surface area contributed by atoms with Crippen LogP contribution in [0.1, 0.15) is 12.8 Å². The van der Waals surface area contributed by atoms with E-state index in [1.165, 1.54) is 11.8 Å². The molecule has 5 nitrogen and oxygen atoms in total. The lowest BCUT2D eigenvalue weighted by Gasteiger charge is -2.14. The first-order valence-corrected chi connectivity index (χ1v) is 8.10. The highest BCUT2D eigenvalue weighted by molar-refractivity contribution is 8.13. The van der Waals surface area contributed by atoms with Crippen molar-refractivity contribution in [1.29, 1.82) is 0 Å². The van der Waals surface area contributed by atoms with Gasteiger partial charge in [-0.1, -0.05) is 30.0 Å². The van der Waals surface area contributed by atoms with Crippen molar-refractivity contribution in [2.45, 2.75) is 12.8 Å². The van der Waals surface area contributed by atoms with Crippen molar-refractivity contribution in [2.24, 2.45) is 0 Å². The quantitative estimate of drug-likeness (QED) is 0.748. The maximum absolute atomic E-state index is 11.7. The smallest absolute Gasteiger partial charge is 0.282 e. The molecule has 0 atom stereocenters. The fourth-order valence-electron chi connectivity index (χ4n) is 1.96. The number of rotatable bonds is 8. The molecule has 1 N–H and O–H groups in total. The predicted octanol–water partition coefficient (Wildman–Crippen LogP) is 2.13. The van der Waals surface area contributed by atoms with Crippen LogP contribution >= 0.6 is 11.8 Å². The first-order chi connectivity index (χ1) is 10.3. The first kappa shape index (κ1) is 15.7. The van der Waals surface area contributed by atoms with Crippen molar-refractivity contribution in [2.75, 3.05) is 32.0 Å². The van der Waals surface area contributed by atoms with Crippen LogP contribution in [0.5, 0.6) is 5.75 Å². The Morgan fingerprint density at radius 2 is 2.10 bits per heavy atom. The molecule has 0 unspecified atom stereocenters. The lowest BCUT2D eigenvalue weighted by Crippen LogP contribution is -2.37. The molecule has 114 valence electrons. The number of para-hydroxylation sites is 1. The Balaban J connectivity index is 1.49. The van der Waals surface area contributed by atoms with Gasteiger partial charge in [-0.3, -0.25) is 9.59 Å². The second-order valence-corrected chi connectivity index (χ2v) is 5.80. The highest BCUT2D eigenvalue weighted by Crippen LogP contribution is 2.16. The average molecular weight is 308 g/mol. The molecular formula is C15H20N2O3S. The molecule has 1 heterocycles. The van der Waals surface area contributed by atoms with Gasteiger partial charge in [0.05, 0.1) is 6.61 Å². The third-order valence-corrected chi connectivity index (χ3v) is 3.98. The van der Waals surface area contributed by atoms with Gasteiger partial charge in [-0.05, 0) is 25.0 Å². The van der Waals surface area contributed by atoms with E-state index in [9.17, 15) is 9.59 Å². The summed E-state index contributed by atoms with van der Waals surface area (Å²) >= 11 is 1.27. The molecule has 2 rings (SSSR count). The number of nitrogens with zero attached hydrogens (tertiary/aromatic N) is 1. The zero-order valence-electron chi connectivity index (χ0n) is 11.9. The molecule has 0 bridgehead atoms. The van der Waals surface area contributed by atoms with Gasteiger partial charge in [0.25, 0.3) is 5.24 Å². The third-order valence-electron chi connectivity index (χ3n) is 3.08. The number of thioether (sulfide) groups is 1. The summed E-state index contributed by atoms with van der Waals surface area (Å²) in [6, 6.07) is 9.67. The van der Waals surface area contributed by atoms with Gasteiger partial charge in [0.1, 0.15) is 12.3 Å². The summed E-state index contributed by atoms with van der Waals surface area (Å²) in [6.07, 6.45) is 1.74. The van der Waals surface area contributed by atoms with Crippen molar-refractivity contribution < 1.29 is 14.3 Å². The molecule has 0 aliphatic carbocycles. The van der Waals surface area contributed by atoms with Crippen LogP contribution in [-0.4, -0.2) is 48.0 Å². The van der Waals surface area contributed by atoms with E-state index in [2.05, 4.69) is 5.32 Å². The molecule has 1 aromatic rings. The molecule has 0 spiro atoms. The van der Waals surface area contributed by atoms with Gasteiger partial charge in [-0.25, -0.2) is 0 Å². The van der Waals surface area contributed by atoms with Gasteiger partial charge in [0.15, 0.2) is 0 Å². The van der Waals surface area contributed by atoms with Crippen LogP contribution in [0.15, 0.2) is 30.3 Å². The molecule has 1 aliphatic heterocycles. The van der Waals surface area contributed by atoms with Crippen LogP contribution in [0, 0.1) is 0 Å². The van der Waals surface area contributed by atoms with Gasteiger partial charge in [0.2, 0.25) is 5.91 Å². The Bertz CT molecular complexity index is 467. The normalized spacial score (nSPS) is 14.3. The summed E-state index contributed by atoms with van der Waals surface area (Å²) in [5.74, 6) is 1.56. The van der Waals surface area contributed by atoms with Crippen LogP contribution in [0.3, 0.4) is 0 Å². The van der Waals surface area contributed by atoms with E-state index in [0.717, 1.165) is 24.3 Å². The van der Waals surface area contributed by atoms with Crippen molar-refractivity contribution in [3.05, 3.63) is 30.3 Å². The van der Waals surface area contributed by atoms with E-state index < -0.39 is 0 Å². The minimum absolute atomic E-state index is 0.00131. The van der Waals surface area contributed by atoms with Crippen molar-refractivity contribution >= 4 is 22.9 Å². The number of carbonyl (C=O) groups excluding carboxylic acids is 2. The molecule has 1 aromatic carbocycles. The zero-order chi connectivity index (χ0) is 14.9. The van der Waals surface area contributed by atoms with Crippen LogP contribution in [0.2, 0.25) is 0 Å². The Morgan fingerprint density at radius 3 is 2.81 bits per heavy atom. The monoisotopic (exact) mass is 308 g/mol. The molecule has 0 aromatic heterocycles. The topological polar surface area (TPSA) is 58.6 Å². The fraction of sp³-hybridized carbons (Fsp3) is 0.467. The average Bonchev–Trinajstić information content (AvgIpc) is 2.89. The largest absolute Gasteiger partial charge is 0.494 e. The number of amides is 2. The van der Waals surface area contributed by atoms with Crippen LogP contribution in [-0.2, 0) is 4.79 Å². The van der Waals surface area contributed by atoms with Crippen LogP contribution in [0.4, 0.5) is 4.79 Å². The number of unbranched alkanes of at least 4 members (excludes halogenated alkanes) is 1. The molecule has 21 heavy (non-hydrogen) atoms. The molecule has 6 heteroatoms. The minimum atomic E-state index is -0.0881. The Hall–Kier alpha value is -1.69. The first-order valence-electron chi connectivity index (χ1n) is 7.12. The molecule has 1 saturated heterocycles. The summed E-state index contributed by atoms with van der Waals surface area (Å²) < 4.78 is 5.57. The van der Waals surface area contributed by atoms with Gasteiger partial charge in [0, 0.05) is 18.8 Å². The third kappa shape index (κ3) is 5.67. The molecule has 0 saturated carbocycles. The van der Waals surface area contributed by atoms with E-state index >= 15 is 0 Å². The number of carbonyl (C=O) groups is 2. The van der Waals surface area contributed by atoms with Gasteiger partial charge < -0.3 is 15.0 Å². The van der Waals surface area contributed by atoms with Crippen LogP contribution < -0.4 is 10.1 Å². The number of hydrogen-bond donors (Lipinski definition) is 1. The van der Waals surface area contributed by atoms with E-state index in [1.54, 1.807) is 4.90 Å². The Labute approximate surface area is 129 Å². The maximum Gasteiger partial charge on any atom is 0.282 e. The molecular weight excluding hydrogens is 288 g/mol. The predicted molar refractivity (Wildman–Crippen MR) is 83.6 cm³/mol. The highest BCUT2D eigenvalue weighted by atomic mass is 32.2. The fourth-order valence-corrected chi connectivity index (χ4v) is 2.78. The number of nitrogens with one attached hydrogen (secondary N) is 1. The molecule has 0 radical (unpaired) electrons. The Kier molecular flexibility index (Phi) is 6.40. The van der Waals surface area contributed by atoms with Crippen molar-refractivity contribution in [3.8, 4) is 5.75 Å². The van der Waals surface area contributed by atoms with E-state index in [1.807, 2.05) is 30.3 Å². The summed E-state index contributed by atoms with van der Waals surface area (Å²) in [5.41, 5.74) is 0. The van der Waals surface area contributed by atoms with Gasteiger partial charge >= 0.3 is 0 Å². The molecule has 1 aliphatic rings. The minimum Gasteiger partial charge on any atom is -0.494 e. The number of hydrogen-bond acceptors (Lipinski definition) is 4. The SMILES string of the molecule is O=C(CN1CCSC1=O)NCCCCOc1ccccc1. The highest BCUT2D eigenvalue weighted by Gasteiger charge is 2.22. The Morgan fingerprint density at radius 1 is 1.29 bits per heavy atom. The van der Waals surface area contributed by atoms with Crippen LogP contribution in [0.25, 0.3) is 0 Å². The summed E-state index contributed by atoms with van der Waals surface area (Å²) in [7, 11) is 0. The summed E-state index contributed by atoms with van der Waals surface area (Å²) in [5, 5.41) is 2.83. The second-order valence-electron chi connectivity index (χ2n) is 4.75. The molecule has 2 amide bonds. The van der Waals surface area contributed by atoms with E-state index in [-0.39, 0.29) is 17.7 Å². The maximum atomic E-state index is 11.7. The van der Waals surface area contributed by atoms with E-state index in [0.29, 0.717) is 19.7 Å². The standard InChI is InChI=1S/C15H20N2O3S/c18-14(12-17-9-11-21-15(17)19)16-8-4-5-10-20-13-6-2-1-3-7-13/h1-3,6-7H,4-5,8-12H2,(H,16,18). The number of ether oxygens (including phenoxy) is 1. The lowest BCUT2D eigenvalue weighted by molar-refractivity contribution is -0.121. The van der Waals surface area contributed by atoms with Gasteiger partial charge in [-0.15, -0.1) is 0 Å². The molecule has 1 fully saturated rings. The van der Waals surface area contributed by atoms with E-state index in [4.69, 9.17) is 4.74 Å². The number of benzene rings is 1. The summed E-state index contributed by atoms with van der Waals surface area (Å²) in [4.78, 5) is 24.6. The zero-order valence-corrected chi connectivity index (χ0v) is 12.7. The lowest BCUT2D eigenvalue weighted by atomic mass is 10.3. The van der Waals surface area contributed by atoms with Crippen molar-refractivity contribution in [3.63, 3.8) is 0 Å².